The molecule has 126 valence electrons. The van der Waals surface area contributed by atoms with Crippen molar-refractivity contribution >= 4 is 17.4 Å². The van der Waals surface area contributed by atoms with Gasteiger partial charge in [-0.1, -0.05) is 37.6 Å². The zero-order chi connectivity index (χ0) is 17.5. The van der Waals surface area contributed by atoms with Gasteiger partial charge in [-0.15, -0.1) is 0 Å². The zero-order valence-corrected chi connectivity index (χ0v) is 14.4. The van der Waals surface area contributed by atoms with E-state index < -0.39 is 0 Å². The summed E-state index contributed by atoms with van der Waals surface area (Å²) in [6.07, 6.45) is 3.94. The number of aryl methyl sites for hydroxylation is 2. The van der Waals surface area contributed by atoms with Gasteiger partial charge in [0.25, 0.3) is 0 Å². The Kier molecular flexibility index (Phi) is 6.01. The van der Waals surface area contributed by atoms with Gasteiger partial charge in [0.05, 0.1) is 0 Å². The molecule has 0 aliphatic rings. The number of aromatic hydroxyl groups is 1. The average Bonchev–Trinajstić information content (AvgIpc) is 2.57. The first kappa shape index (κ1) is 17.6. The van der Waals surface area contributed by atoms with Gasteiger partial charge in [-0.3, -0.25) is 0 Å². The maximum absolute atomic E-state index is 12.2. The van der Waals surface area contributed by atoms with Crippen molar-refractivity contribution in [1.82, 2.24) is 5.32 Å². The number of anilines is 1. The van der Waals surface area contributed by atoms with Crippen molar-refractivity contribution in [3.8, 4) is 5.75 Å². The largest absolute Gasteiger partial charge is 0.508 e. The molecule has 0 radical (unpaired) electrons. The summed E-state index contributed by atoms with van der Waals surface area (Å²) in [7, 11) is 0. The number of phenolic OH excluding ortho intramolecular Hbond substituents is 1. The number of benzene rings is 2. The van der Waals surface area contributed by atoms with Crippen molar-refractivity contribution in [3.05, 3.63) is 65.2 Å². The molecule has 2 aromatic rings. The van der Waals surface area contributed by atoms with E-state index >= 15 is 0 Å². The van der Waals surface area contributed by atoms with Crippen molar-refractivity contribution in [1.29, 1.82) is 0 Å². The summed E-state index contributed by atoms with van der Waals surface area (Å²) in [5.74, 6) is 0.170. The molecule has 2 rings (SSSR count). The van der Waals surface area contributed by atoms with Crippen LogP contribution in [-0.4, -0.2) is 11.1 Å². The van der Waals surface area contributed by atoms with Gasteiger partial charge >= 0.3 is 6.03 Å². The first-order valence-corrected chi connectivity index (χ1v) is 8.16. The van der Waals surface area contributed by atoms with E-state index in [-0.39, 0.29) is 11.8 Å². The van der Waals surface area contributed by atoms with E-state index in [1.807, 2.05) is 50.3 Å². The van der Waals surface area contributed by atoms with Gasteiger partial charge in [0.1, 0.15) is 5.75 Å². The lowest BCUT2D eigenvalue weighted by molar-refractivity contribution is 0.255. The number of hydrogen-bond donors (Lipinski definition) is 3. The van der Waals surface area contributed by atoms with Crippen LogP contribution in [0.15, 0.2) is 48.5 Å². The predicted molar refractivity (Wildman–Crippen MR) is 99.1 cm³/mol. The summed E-state index contributed by atoms with van der Waals surface area (Å²) in [4.78, 5) is 12.2. The third-order valence-corrected chi connectivity index (χ3v) is 3.80. The van der Waals surface area contributed by atoms with Crippen LogP contribution in [0.2, 0.25) is 0 Å². The lowest BCUT2D eigenvalue weighted by atomic mass is 10.1. The highest BCUT2D eigenvalue weighted by molar-refractivity contribution is 5.95. The molecule has 0 unspecified atom stereocenters. The summed E-state index contributed by atoms with van der Waals surface area (Å²) in [6.45, 7) is 5.92. The first-order valence-electron chi connectivity index (χ1n) is 8.16. The molecule has 0 aliphatic heterocycles. The molecule has 3 N–H and O–H groups in total. The van der Waals surface area contributed by atoms with Gasteiger partial charge in [0.15, 0.2) is 0 Å². The van der Waals surface area contributed by atoms with Crippen molar-refractivity contribution < 1.29 is 9.90 Å². The summed E-state index contributed by atoms with van der Waals surface area (Å²) in [5, 5.41) is 15.3. The maximum Gasteiger partial charge on any atom is 0.323 e. The van der Waals surface area contributed by atoms with Gasteiger partial charge in [-0.25, -0.2) is 4.79 Å². The molecule has 0 spiro atoms. The second-order valence-corrected chi connectivity index (χ2v) is 5.73. The smallest absolute Gasteiger partial charge is 0.323 e. The molecule has 4 nitrogen and oxygen atoms in total. The Labute approximate surface area is 143 Å². The van der Waals surface area contributed by atoms with Crippen LogP contribution in [0.3, 0.4) is 0 Å². The lowest BCUT2D eigenvalue weighted by Crippen LogP contribution is -2.27. The highest BCUT2D eigenvalue weighted by atomic mass is 16.3. The number of hydrogen-bond acceptors (Lipinski definition) is 2. The molecule has 0 heterocycles. The van der Waals surface area contributed by atoms with E-state index in [1.54, 1.807) is 12.1 Å². The van der Waals surface area contributed by atoms with Crippen molar-refractivity contribution in [2.24, 2.45) is 0 Å². The minimum Gasteiger partial charge on any atom is -0.508 e. The Balaban J connectivity index is 2.06. The summed E-state index contributed by atoms with van der Waals surface area (Å²) >= 11 is 0. The Bertz CT molecular complexity index is 734. The second-order valence-electron chi connectivity index (χ2n) is 5.73. The van der Waals surface area contributed by atoms with Crippen LogP contribution >= 0.6 is 0 Å². The fourth-order valence-corrected chi connectivity index (χ4v) is 2.52. The Morgan fingerprint density at radius 3 is 2.50 bits per heavy atom. The van der Waals surface area contributed by atoms with Crippen LogP contribution in [0.25, 0.3) is 5.70 Å². The van der Waals surface area contributed by atoms with Crippen molar-refractivity contribution in [3.63, 3.8) is 0 Å². The zero-order valence-electron chi connectivity index (χ0n) is 14.4. The molecule has 0 bridgehead atoms. The SMILES string of the molecule is C/C=C(/NC(=O)Nc1ccc(CCC)cc1)c1cc(O)ccc1C. The van der Waals surface area contributed by atoms with Gasteiger partial charge in [0.2, 0.25) is 0 Å². The molecule has 0 fully saturated rings. The van der Waals surface area contributed by atoms with Gasteiger partial charge in [-0.05, 0) is 55.7 Å². The highest BCUT2D eigenvalue weighted by Crippen LogP contribution is 2.22. The van der Waals surface area contributed by atoms with E-state index in [9.17, 15) is 9.90 Å². The van der Waals surface area contributed by atoms with Gasteiger partial charge in [-0.2, -0.15) is 0 Å². The van der Waals surface area contributed by atoms with Crippen LogP contribution in [0.5, 0.6) is 5.75 Å². The molecule has 24 heavy (non-hydrogen) atoms. The predicted octanol–water partition coefficient (Wildman–Crippen LogP) is 4.84. The lowest BCUT2D eigenvalue weighted by Gasteiger charge is -2.14. The molecular formula is C20H24N2O2. The van der Waals surface area contributed by atoms with E-state index in [2.05, 4.69) is 17.6 Å². The number of phenols is 1. The molecule has 0 saturated heterocycles. The Morgan fingerprint density at radius 1 is 1.17 bits per heavy atom. The minimum atomic E-state index is -0.311. The first-order chi connectivity index (χ1) is 11.5. The molecular weight excluding hydrogens is 300 g/mol. The van der Waals surface area contributed by atoms with E-state index in [4.69, 9.17) is 0 Å². The minimum absolute atomic E-state index is 0.170. The number of rotatable bonds is 5. The number of nitrogens with one attached hydrogen (secondary N) is 2. The molecule has 0 saturated carbocycles. The average molecular weight is 324 g/mol. The van der Waals surface area contributed by atoms with E-state index in [0.717, 1.165) is 29.7 Å². The quantitative estimate of drug-likeness (QED) is 0.737. The van der Waals surface area contributed by atoms with Gasteiger partial charge in [0, 0.05) is 16.9 Å². The fourth-order valence-electron chi connectivity index (χ4n) is 2.52. The number of carbonyl (C=O) groups is 1. The van der Waals surface area contributed by atoms with Gasteiger partial charge < -0.3 is 15.7 Å². The van der Waals surface area contributed by atoms with Crippen molar-refractivity contribution in [2.75, 3.05) is 5.32 Å². The van der Waals surface area contributed by atoms with Crippen LogP contribution in [0.1, 0.15) is 37.0 Å². The maximum atomic E-state index is 12.2. The molecule has 0 atom stereocenters. The normalized spacial score (nSPS) is 11.2. The molecule has 2 aromatic carbocycles. The van der Waals surface area contributed by atoms with Crippen LogP contribution < -0.4 is 10.6 Å². The Morgan fingerprint density at radius 2 is 1.88 bits per heavy atom. The number of allylic oxidation sites excluding steroid dienone is 1. The third-order valence-electron chi connectivity index (χ3n) is 3.80. The monoisotopic (exact) mass is 324 g/mol. The number of carbonyl (C=O) groups excluding carboxylic acids is 1. The molecule has 4 heteroatoms. The van der Waals surface area contributed by atoms with Crippen LogP contribution in [0, 0.1) is 6.92 Å². The van der Waals surface area contributed by atoms with E-state index in [1.165, 1.54) is 5.56 Å². The summed E-state index contributed by atoms with van der Waals surface area (Å²) in [6, 6.07) is 12.6. The number of amides is 2. The fraction of sp³-hybridized carbons (Fsp3) is 0.250. The van der Waals surface area contributed by atoms with Crippen LogP contribution in [0.4, 0.5) is 10.5 Å². The summed E-state index contributed by atoms with van der Waals surface area (Å²) in [5.41, 5.74) is 4.43. The van der Waals surface area contributed by atoms with Crippen molar-refractivity contribution in [2.45, 2.75) is 33.6 Å². The van der Waals surface area contributed by atoms with E-state index in [0.29, 0.717) is 5.70 Å². The standard InChI is InChI=1S/C20H24N2O2/c1-4-6-15-8-10-16(11-9-15)21-20(24)22-19(5-2)18-13-17(23)12-7-14(18)3/h5,7-13,23H,4,6H2,1-3H3,(H2,21,22,24)/b19-5+. The molecule has 0 aromatic heterocycles. The van der Waals surface area contributed by atoms with Crippen LogP contribution in [-0.2, 0) is 6.42 Å². The Hall–Kier alpha value is -2.75. The summed E-state index contributed by atoms with van der Waals surface area (Å²) < 4.78 is 0. The number of urea groups is 1. The highest BCUT2D eigenvalue weighted by Gasteiger charge is 2.09. The molecule has 0 aliphatic carbocycles. The molecule has 2 amide bonds. The topological polar surface area (TPSA) is 61.4 Å². The third kappa shape index (κ3) is 4.62. The second kappa shape index (κ2) is 8.20.